The summed E-state index contributed by atoms with van der Waals surface area (Å²) in [4.78, 5) is 0. The van der Waals surface area contributed by atoms with Crippen molar-refractivity contribution < 1.29 is 9.84 Å². The Morgan fingerprint density at radius 3 is 2.25 bits per heavy atom. The van der Waals surface area contributed by atoms with Crippen LogP contribution in [0.5, 0.6) is 0 Å². The molecular weight excluding hydrogens is 200 g/mol. The number of ether oxygens (including phenoxy) is 1. The lowest BCUT2D eigenvalue weighted by molar-refractivity contribution is -0.0482. The molecule has 0 fully saturated rings. The monoisotopic (exact) mass is 222 g/mol. The van der Waals surface area contributed by atoms with Gasteiger partial charge in [0.2, 0.25) is 0 Å². The minimum atomic E-state index is -0.429. The van der Waals surface area contributed by atoms with Gasteiger partial charge in [-0.2, -0.15) is 0 Å². The fourth-order valence-electron chi connectivity index (χ4n) is 1.40. The predicted molar refractivity (Wildman–Crippen MR) is 66.6 cm³/mol. The zero-order valence-electron chi connectivity index (χ0n) is 10.7. The minimum Gasteiger partial charge on any atom is -0.390 e. The Labute approximate surface area is 98.3 Å². The van der Waals surface area contributed by atoms with Crippen molar-refractivity contribution >= 4 is 0 Å². The highest BCUT2D eigenvalue weighted by molar-refractivity contribution is 5.21. The Kier molecular flexibility index (Phi) is 4.51. The van der Waals surface area contributed by atoms with Crippen LogP contribution in [0.3, 0.4) is 0 Å². The van der Waals surface area contributed by atoms with E-state index in [0.717, 1.165) is 5.56 Å². The normalized spacial score (nSPS) is 13.8. The van der Waals surface area contributed by atoms with Gasteiger partial charge in [0.1, 0.15) is 0 Å². The number of hydrogen-bond acceptors (Lipinski definition) is 2. The Morgan fingerprint density at radius 2 is 1.75 bits per heavy atom. The third kappa shape index (κ3) is 5.29. The van der Waals surface area contributed by atoms with Crippen molar-refractivity contribution in [3.63, 3.8) is 0 Å². The van der Waals surface area contributed by atoms with Crippen LogP contribution in [0.15, 0.2) is 24.3 Å². The van der Waals surface area contributed by atoms with Crippen molar-refractivity contribution in [2.45, 2.75) is 45.8 Å². The molecule has 0 aromatic heterocycles. The Bertz CT molecular complexity index is 309. The predicted octanol–water partition coefficient (Wildman–Crippen LogP) is 2.71. The van der Waals surface area contributed by atoms with Gasteiger partial charge in [0.15, 0.2) is 0 Å². The van der Waals surface area contributed by atoms with E-state index in [-0.39, 0.29) is 5.60 Å². The van der Waals surface area contributed by atoms with Crippen LogP contribution in [0.25, 0.3) is 0 Å². The molecule has 1 atom stereocenters. The molecule has 0 aliphatic rings. The van der Waals surface area contributed by atoms with Crippen LogP contribution in [-0.2, 0) is 11.2 Å². The van der Waals surface area contributed by atoms with Gasteiger partial charge >= 0.3 is 0 Å². The van der Waals surface area contributed by atoms with E-state index in [4.69, 9.17) is 4.74 Å². The summed E-state index contributed by atoms with van der Waals surface area (Å²) in [5.41, 5.74) is 2.20. The largest absolute Gasteiger partial charge is 0.390 e. The topological polar surface area (TPSA) is 29.5 Å². The van der Waals surface area contributed by atoms with E-state index in [2.05, 4.69) is 31.2 Å². The molecule has 0 bridgehead atoms. The maximum absolute atomic E-state index is 9.81. The van der Waals surface area contributed by atoms with E-state index in [1.54, 1.807) is 0 Å². The van der Waals surface area contributed by atoms with Gasteiger partial charge in [-0.05, 0) is 33.3 Å². The van der Waals surface area contributed by atoms with Crippen LogP contribution < -0.4 is 0 Å². The summed E-state index contributed by atoms with van der Waals surface area (Å²) in [6.07, 6.45) is 0.220. The fraction of sp³-hybridized carbons (Fsp3) is 0.571. The highest BCUT2D eigenvalue weighted by atomic mass is 16.5. The van der Waals surface area contributed by atoms with E-state index in [1.807, 2.05) is 20.8 Å². The van der Waals surface area contributed by atoms with Crippen LogP contribution in [0.4, 0.5) is 0 Å². The molecule has 0 radical (unpaired) electrons. The number of aliphatic hydroxyl groups is 1. The van der Waals surface area contributed by atoms with Crippen LogP contribution in [0.1, 0.15) is 31.9 Å². The summed E-state index contributed by atoms with van der Waals surface area (Å²) in [6, 6.07) is 8.23. The summed E-state index contributed by atoms with van der Waals surface area (Å²) < 4.78 is 5.54. The Morgan fingerprint density at radius 1 is 1.19 bits per heavy atom. The van der Waals surface area contributed by atoms with Crippen LogP contribution >= 0.6 is 0 Å². The van der Waals surface area contributed by atoms with Crippen molar-refractivity contribution in [3.05, 3.63) is 35.4 Å². The number of aliphatic hydroxyl groups excluding tert-OH is 1. The van der Waals surface area contributed by atoms with Gasteiger partial charge < -0.3 is 9.84 Å². The molecular formula is C14H22O2. The summed E-state index contributed by atoms with van der Waals surface area (Å²) in [5.74, 6) is 0. The first-order valence-electron chi connectivity index (χ1n) is 5.74. The number of aryl methyl sites for hydroxylation is 1. The van der Waals surface area contributed by atoms with E-state index in [9.17, 15) is 5.11 Å². The molecule has 1 unspecified atom stereocenters. The second kappa shape index (κ2) is 5.46. The Balaban J connectivity index is 2.39. The van der Waals surface area contributed by atoms with Crippen molar-refractivity contribution in [1.29, 1.82) is 0 Å². The molecule has 0 amide bonds. The molecule has 0 aliphatic heterocycles. The molecule has 0 spiro atoms. The maximum atomic E-state index is 9.81. The molecule has 2 nitrogen and oxygen atoms in total. The summed E-state index contributed by atoms with van der Waals surface area (Å²) in [7, 11) is 0. The fourth-order valence-corrected chi connectivity index (χ4v) is 1.40. The second-order valence-corrected chi connectivity index (χ2v) is 5.27. The Hall–Kier alpha value is -0.860. The van der Waals surface area contributed by atoms with Gasteiger partial charge in [-0.1, -0.05) is 29.8 Å². The van der Waals surface area contributed by atoms with E-state index >= 15 is 0 Å². The van der Waals surface area contributed by atoms with Crippen molar-refractivity contribution in [2.75, 3.05) is 6.61 Å². The van der Waals surface area contributed by atoms with Crippen molar-refractivity contribution in [2.24, 2.45) is 0 Å². The molecule has 16 heavy (non-hydrogen) atoms. The first-order chi connectivity index (χ1) is 7.37. The third-order valence-electron chi connectivity index (χ3n) is 2.30. The summed E-state index contributed by atoms with van der Waals surface area (Å²) >= 11 is 0. The highest BCUT2D eigenvalue weighted by Gasteiger charge is 2.13. The van der Waals surface area contributed by atoms with Crippen LogP contribution in [-0.4, -0.2) is 23.4 Å². The van der Waals surface area contributed by atoms with Crippen molar-refractivity contribution in [1.82, 2.24) is 0 Å². The minimum absolute atomic E-state index is 0.186. The standard InChI is InChI=1S/C14H22O2/c1-11-5-7-12(8-6-11)9-13(15)10-16-14(2,3)4/h5-8,13,15H,9-10H2,1-4H3. The average Bonchev–Trinajstić information content (AvgIpc) is 2.18. The smallest absolute Gasteiger partial charge is 0.0814 e. The number of benzene rings is 1. The zero-order valence-corrected chi connectivity index (χ0v) is 10.7. The van der Waals surface area contributed by atoms with E-state index < -0.39 is 6.10 Å². The van der Waals surface area contributed by atoms with Gasteiger partial charge in [0.05, 0.1) is 18.3 Å². The molecule has 0 saturated heterocycles. The summed E-state index contributed by atoms with van der Waals surface area (Å²) in [6.45, 7) is 8.42. The molecule has 1 aromatic rings. The first kappa shape index (κ1) is 13.2. The quantitative estimate of drug-likeness (QED) is 0.848. The number of rotatable bonds is 4. The van der Waals surface area contributed by atoms with E-state index in [0.29, 0.717) is 13.0 Å². The lowest BCUT2D eigenvalue weighted by Gasteiger charge is -2.22. The van der Waals surface area contributed by atoms with Crippen LogP contribution in [0, 0.1) is 6.92 Å². The van der Waals surface area contributed by atoms with Gasteiger partial charge in [-0.15, -0.1) is 0 Å². The van der Waals surface area contributed by atoms with Crippen LogP contribution in [0.2, 0.25) is 0 Å². The molecule has 1 aromatic carbocycles. The van der Waals surface area contributed by atoms with Crippen molar-refractivity contribution in [3.8, 4) is 0 Å². The molecule has 0 saturated carbocycles. The first-order valence-corrected chi connectivity index (χ1v) is 5.74. The highest BCUT2D eigenvalue weighted by Crippen LogP contribution is 2.10. The van der Waals surface area contributed by atoms with E-state index in [1.165, 1.54) is 5.56 Å². The lowest BCUT2D eigenvalue weighted by atomic mass is 10.1. The third-order valence-corrected chi connectivity index (χ3v) is 2.30. The van der Waals surface area contributed by atoms with Gasteiger partial charge in [0.25, 0.3) is 0 Å². The van der Waals surface area contributed by atoms with Gasteiger partial charge in [0, 0.05) is 6.42 Å². The number of hydrogen-bond donors (Lipinski definition) is 1. The lowest BCUT2D eigenvalue weighted by Crippen LogP contribution is -2.27. The summed E-state index contributed by atoms with van der Waals surface area (Å²) in [5, 5.41) is 9.81. The molecule has 1 rings (SSSR count). The molecule has 90 valence electrons. The SMILES string of the molecule is Cc1ccc(CC(O)COC(C)(C)C)cc1. The molecule has 0 heterocycles. The molecule has 0 aliphatic carbocycles. The maximum Gasteiger partial charge on any atom is 0.0814 e. The van der Waals surface area contributed by atoms with Gasteiger partial charge in [-0.3, -0.25) is 0 Å². The average molecular weight is 222 g/mol. The molecule has 2 heteroatoms. The second-order valence-electron chi connectivity index (χ2n) is 5.27. The van der Waals surface area contributed by atoms with Gasteiger partial charge in [-0.25, -0.2) is 0 Å². The molecule has 1 N–H and O–H groups in total. The zero-order chi connectivity index (χ0) is 12.2.